The zero-order valence-corrected chi connectivity index (χ0v) is 14.8. The number of carbonyl (C=O) groups excluding carboxylic acids is 2. The molecule has 0 radical (unpaired) electrons. The van der Waals surface area contributed by atoms with Crippen LogP contribution in [-0.2, 0) is 9.53 Å². The minimum absolute atomic E-state index is 0.0372. The van der Waals surface area contributed by atoms with Crippen LogP contribution in [0.25, 0.3) is 0 Å². The lowest BCUT2D eigenvalue weighted by Gasteiger charge is -2.21. The maximum atomic E-state index is 12.1. The van der Waals surface area contributed by atoms with Gasteiger partial charge in [-0.2, -0.15) is 0 Å². The lowest BCUT2D eigenvalue weighted by atomic mass is 10.0. The van der Waals surface area contributed by atoms with E-state index in [1.165, 1.54) is 0 Å². The van der Waals surface area contributed by atoms with Crippen LogP contribution in [0.5, 0.6) is 0 Å². The van der Waals surface area contributed by atoms with Crippen molar-refractivity contribution in [2.75, 3.05) is 6.54 Å². The molecular formula is C18H28N2O4. The van der Waals surface area contributed by atoms with Gasteiger partial charge in [-0.3, -0.25) is 4.79 Å². The van der Waals surface area contributed by atoms with Gasteiger partial charge in [-0.25, -0.2) is 4.79 Å². The SMILES string of the molecule is CCC(NC(=O)CC(O)CNC(=O)OC(C)(C)C)c1ccccc1. The summed E-state index contributed by atoms with van der Waals surface area (Å²) in [7, 11) is 0. The van der Waals surface area contributed by atoms with Gasteiger partial charge in [0.05, 0.1) is 18.6 Å². The molecule has 0 bridgehead atoms. The molecule has 0 aliphatic heterocycles. The molecule has 0 aliphatic carbocycles. The van der Waals surface area contributed by atoms with Gasteiger partial charge in [-0.05, 0) is 32.8 Å². The van der Waals surface area contributed by atoms with Gasteiger partial charge >= 0.3 is 6.09 Å². The monoisotopic (exact) mass is 336 g/mol. The van der Waals surface area contributed by atoms with Crippen molar-refractivity contribution in [1.29, 1.82) is 0 Å². The molecule has 6 nitrogen and oxygen atoms in total. The topological polar surface area (TPSA) is 87.7 Å². The van der Waals surface area contributed by atoms with Gasteiger partial charge in [0.25, 0.3) is 0 Å². The van der Waals surface area contributed by atoms with E-state index < -0.39 is 17.8 Å². The number of aliphatic hydroxyl groups is 1. The number of nitrogens with one attached hydrogen (secondary N) is 2. The van der Waals surface area contributed by atoms with Crippen molar-refractivity contribution in [2.24, 2.45) is 0 Å². The highest BCUT2D eigenvalue weighted by atomic mass is 16.6. The zero-order chi connectivity index (χ0) is 18.2. The van der Waals surface area contributed by atoms with Crippen LogP contribution in [0.2, 0.25) is 0 Å². The number of ether oxygens (including phenoxy) is 1. The predicted molar refractivity (Wildman–Crippen MR) is 92.5 cm³/mol. The Kier molecular flexibility index (Phi) is 7.71. The lowest BCUT2D eigenvalue weighted by molar-refractivity contribution is -0.123. The fourth-order valence-electron chi connectivity index (χ4n) is 2.16. The van der Waals surface area contributed by atoms with Crippen LogP contribution in [0.15, 0.2) is 30.3 Å². The molecule has 134 valence electrons. The third kappa shape index (κ3) is 7.97. The van der Waals surface area contributed by atoms with Crippen LogP contribution >= 0.6 is 0 Å². The Morgan fingerprint density at radius 2 is 1.83 bits per heavy atom. The van der Waals surface area contributed by atoms with Gasteiger partial charge in [0, 0.05) is 6.54 Å². The molecule has 2 atom stereocenters. The Labute approximate surface area is 143 Å². The number of alkyl carbamates (subject to hydrolysis) is 1. The first kappa shape index (κ1) is 20.0. The molecule has 1 aromatic carbocycles. The molecule has 1 aromatic rings. The van der Waals surface area contributed by atoms with Crippen LogP contribution in [0, 0.1) is 0 Å². The van der Waals surface area contributed by atoms with Crippen LogP contribution < -0.4 is 10.6 Å². The summed E-state index contributed by atoms with van der Waals surface area (Å²) in [6.45, 7) is 7.21. The Bertz CT molecular complexity index is 526. The lowest BCUT2D eigenvalue weighted by Crippen LogP contribution is -2.39. The van der Waals surface area contributed by atoms with Gasteiger partial charge in [-0.1, -0.05) is 37.3 Å². The molecule has 2 unspecified atom stereocenters. The van der Waals surface area contributed by atoms with Crippen molar-refractivity contribution in [3.63, 3.8) is 0 Å². The Hall–Kier alpha value is -2.08. The van der Waals surface area contributed by atoms with E-state index in [9.17, 15) is 14.7 Å². The predicted octanol–water partition coefficient (Wildman–Crippen LogP) is 2.53. The summed E-state index contributed by atoms with van der Waals surface area (Å²) >= 11 is 0. The van der Waals surface area contributed by atoms with E-state index in [1.807, 2.05) is 37.3 Å². The second-order valence-corrected chi connectivity index (χ2v) is 6.68. The molecule has 0 saturated carbocycles. The minimum Gasteiger partial charge on any atom is -0.444 e. The molecule has 0 aliphatic rings. The van der Waals surface area contributed by atoms with Crippen LogP contribution in [0.4, 0.5) is 4.79 Å². The molecule has 24 heavy (non-hydrogen) atoms. The van der Waals surface area contributed by atoms with Crippen molar-refractivity contribution < 1.29 is 19.4 Å². The van der Waals surface area contributed by atoms with Crippen LogP contribution in [0.1, 0.15) is 52.1 Å². The number of carbonyl (C=O) groups is 2. The Balaban J connectivity index is 2.39. The highest BCUT2D eigenvalue weighted by molar-refractivity contribution is 5.77. The summed E-state index contributed by atoms with van der Waals surface area (Å²) in [4.78, 5) is 23.6. The molecule has 0 spiro atoms. The standard InChI is InChI=1S/C18H28N2O4/c1-5-15(13-9-7-6-8-10-13)20-16(22)11-14(21)12-19-17(23)24-18(2,3)4/h6-10,14-15,21H,5,11-12H2,1-4H3,(H,19,23)(H,20,22). The van der Waals surface area contributed by atoms with E-state index in [1.54, 1.807) is 20.8 Å². The molecule has 1 rings (SSSR count). The third-order valence-corrected chi connectivity index (χ3v) is 3.25. The highest BCUT2D eigenvalue weighted by Crippen LogP contribution is 2.16. The van der Waals surface area contributed by atoms with Crippen molar-refractivity contribution in [2.45, 2.75) is 58.3 Å². The van der Waals surface area contributed by atoms with Gasteiger partial charge in [-0.15, -0.1) is 0 Å². The first-order valence-electron chi connectivity index (χ1n) is 8.20. The number of rotatable bonds is 7. The van der Waals surface area contributed by atoms with Crippen molar-refractivity contribution >= 4 is 12.0 Å². The number of aliphatic hydroxyl groups excluding tert-OH is 1. The van der Waals surface area contributed by atoms with E-state index in [4.69, 9.17) is 4.74 Å². The second-order valence-electron chi connectivity index (χ2n) is 6.68. The summed E-state index contributed by atoms with van der Waals surface area (Å²) in [6, 6.07) is 9.58. The number of hydrogen-bond acceptors (Lipinski definition) is 4. The highest BCUT2D eigenvalue weighted by Gasteiger charge is 2.19. The van der Waals surface area contributed by atoms with E-state index in [0.29, 0.717) is 0 Å². The number of benzene rings is 1. The summed E-state index contributed by atoms with van der Waals surface area (Å²) in [5.74, 6) is -0.260. The van der Waals surface area contributed by atoms with E-state index in [2.05, 4.69) is 10.6 Å². The fraction of sp³-hybridized carbons (Fsp3) is 0.556. The quantitative estimate of drug-likeness (QED) is 0.714. The van der Waals surface area contributed by atoms with Crippen LogP contribution in [-0.4, -0.2) is 35.4 Å². The van der Waals surface area contributed by atoms with E-state index >= 15 is 0 Å². The summed E-state index contributed by atoms with van der Waals surface area (Å²) in [5.41, 5.74) is 0.422. The summed E-state index contributed by atoms with van der Waals surface area (Å²) < 4.78 is 5.07. The summed E-state index contributed by atoms with van der Waals surface area (Å²) in [5, 5.41) is 15.2. The first-order chi connectivity index (χ1) is 11.2. The maximum Gasteiger partial charge on any atom is 0.407 e. The molecule has 0 aromatic heterocycles. The molecule has 6 heteroatoms. The van der Waals surface area contributed by atoms with Crippen molar-refractivity contribution in [3.8, 4) is 0 Å². The molecule has 0 heterocycles. The van der Waals surface area contributed by atoms with Gasteiger partial charge in [0.1, 0.15) is 5.60 Å². The molecule has 0 fully saturated rings. The second kappa shape index (κ2) is 9.27. The number of amides is 2. The zero-order valence-electron chi connectivity index (χ0n) is 14.8. The molecule has 2 amide bonds. The van der Waals surface area contributed by atoms with Crippen molar-refractivity contribution in [1.82, 2.24) is 10.6 Å². The number of hydrogen-bond donors (Lipinski definition) is 3. The smallest absolute Gasteiger partial charge is 0.407 e. The van der Waals surface area contributed by atoms with Crippen LogP contribution in [0.3, 0.4) is 0 Å². The molecule has 3 N–H and O–H groups in total. The average Bonchev–Trinajstić information content (AvgIpc) is 2.50. The Morgan fingerprint density at radius 1 is 1.21 bits per heavy atom. The first-order valence-corrected chi connectivity index (χ1v) is 8.20. The minimum atomic E-state index is -0.967. The van der Waals surface area contributed by atoms with Gasteiger partial charge in [0.15, 0.2) is 0 Å². The molecular weight excluding hydrogens is 308 g/mol. The Morgan fingerprint density at radius 3 is 2.38 bits per heavy atom. The summed E-state index contributed by atoms with van der Waals surface area (Å²) in [6.07, 6.45) is -0.912. The van der Waals surface area contributed by atoms with E-state index in [-0.39, 0.29) is 24.9 Å². The molecule has 0 saturated heterocycles. The van der Waals surface area contributed by atoms with Crippen molar-refractivity contribution in [3.05, 3.63) is 35.9 Å². The van der Waals surface area contributed by atoms with E-state index in [0.717, 1.165) is 12.0 Å². The van der Waals surface area contributed by atoms with Gasteiger partial charge < -0.3 is 20.5 Å². The average molecular weight is 336 g/mol. The normalized spacial score (nSPS) is 13.7. The fourth-order valence-corrected chi connectivity index (χ4v) is 2.16. The largest absolute Gasteiger partial charge is 0.444 e. The van der Waals surface area contributed by atoms with Gasteiger partial charge in [0.2, 0.25) is 5.91 Å². The third-order valence-electron chi connectivity index (χ3n) is 3.25. The maximum absolute atomic E-state index is 12.1.